The first kappa shape index (κ1) is 16.7. The molecule has 1 saturated heterocycles. The van der Waals surface area contributed by atoms with E-state index in [0.717, 1.165) is 10.6 Å². The molecular weight excluding hydrogens is 349 g/mol. The number of carbonyl (C=O) groups excluding carboxylic acids is 1. The van der Waals surface area contributed by atoms with Crippen LogP contribution in [0.4, 0.5) is 10.1 Å². The second-order valence-corrected chi connectivity index (χ2v) is 6.99. The van der Waals surface area contributed by atoms with Crippen LogP contribution < -0.4 is 4.90 Å². The van der Waals surface area contributed by atoms with Crippen LogP contribution in [0.2, 0.25) is 0 Å². The highest BCUT2D eigenvalue weighted by Gasteiger charge is 2.25. The number of para-hydroxylation sites is 1. The Kier molecular flexibility index (Phi) is 4.67. The zero-order valence-corrected chi connectivity index (χ0v) is 15.0. The van der Waals surface area contributed by atoms with Crippen LogP contribution in [0.15, 0.2) is 60.0 Å². The smallest absolute Gasteiger partial charge is 0.273 e. The van der Waals surface area contributed by atoms with Gasteiger partial charge in [-0.25, -0.2) is 9.37 Å². The van der Waals surface area contributed by atoms with Crippen molar-refractivity contribution in [3.63, 3.8) is 0 Å². The van der Waals surface area contributed by atoms with Crippen molar-refractivity contribution in [3.8, 4) is 10.6 Å². The molecule has 2 heterocycles. The van der Waals surface area contributed by atoms with Gasteiger partial charge in [-0.15, -0.1) is 11.3 Å². The number of piperazine rings is 1. The molecular formula is C20H18FN3OS. The summed E-state index contributed by atoms with van der Waals surface area (Å²) in [6.07, 6.45) is 0. The molecule has 1 aromatic heterocycles. The van der Waals surface area contributed by atoms with E-state index in [-0.39, 0.29) is 11.7 Å². The normalized spacial score (nSPS) is 14.5. The lowest BCUT2D eigenvalue weighted by Crippen LogP contribution is -2.49. The Balaban J connectivity index is 1.43. The summed E-state index contributed by atoms with van der Waals surface area (Å²) in [5.41, 5.74) is 2.09. The second-order valence-electron chi connectivity index (χ2n) is 6.13. The largest absolute Gasteiger partial charge is 0.366 e. The van der Waals surface area contributed by atoms with E-state index in [4.69, 9.17) is 0 Å². The summed E-state index contributed by atoms with van der Waals surface area (Å²) >= 11 is 1.48. The maximum absolute atomic E-state index is 13.9. The van der Waals surface area contributed by atoms with Crippen LogP contribution in [0.3, 0.4) is 0 Å². The predicted octanol–water partition coefficient (Wildman–Crippen LogP) is 3.91. The fourth-order valence-corrected chi connectivity index (χ4v) is 3.91. The minimum Gasteiger partial charge on any atom is -0.366 e. The zero-order chi connectivity index (χ0) is 17.9. The van der Waals surface area contributed by atoms with E-state index in [1.807, 2.05) is 46.7 Å². The number of carbonyl (C=O) groups is 1. The van der Waals surface area contributed by atoms with Crippen LogP contribution in [-0.4, -0.2) is 42.0 Å². The molecule has 0 atom stereocenters. The SMILES string of the molecule is O=C(c1csc(-c2ccccc2)n1)N1CCN(c2ccccc2F)CC1. The van der Waals surface area contributed by atoms with E-state index in [2.05, 4.69) is 4.98 Å². The molecule has 3 aromatic rings. The number of hydrogen-bond acceptors (Lipinski definition) is 4. The van der Waals surface area contributed by atoms with Gasteiger partial charge in [0.2, 0.25) is 0 Å². The number of anilines is 1. The van der Waals surface area contributed by atoms with E-state index in [9.17, 15) is 9.18 Å². The summed E-state index contributed by atoms with van der Waals surface area (Å²) in [5, 5.41) is 2.66. The van der Waals surface area contributed by atoms with Crippen molar-refractivity contribution in [1.29, 1.82) is 0 Å². The first-order chi connectivity index (χ1) is 12.7. The number of halogens is 1. The Morgan fingerprint density at radius 1 is 0.962 bits per heavy atom. The number of benzene rings is 2. The van der Waals surface area contributed by atoms with Crippen LogP contribution in [0.25, 0.3) is 10.6 Å². The molecule has 0 radical (unpaired) electrons. The topological polar surface area (TPSA) is 36.4 Å². The van der Waals surface area contributed by atoms with Gasteiger partial charge in [-0.3, -0.25) is 4.79 Å². The van der Waals surface area contributed by atoms with Crippen molar-refractivity contribution in [2.24, 2.45) is 0 Å². The Labute approximate surface area is 155 Å². The monoisotopic (exact) mass is 367 g/mol. The van der Waals surface area contributed by atoms with Gasteiger partial charge in [0.25, 0.3) is 5.91 Å². The summed E-state index contributed by atoms with van der Waals surface area (Å²) in [5.74, 6) is -0.282. The molecule has 1 aliphatic rings. The fourth-order valence-electron chi connectivity index (χ4n) is 3.11. The Hall–Kier alpha value is -2.73. The van der Waals surface area contributed by atoms with Crippen molar-refractivity contribution < 1.29 is 9.18 Å². The van der Waals surface area contributed by atoms with Gasteiger partial charge in [-0.1, -0.05) is 42.5 Å². The molecule has 1 fully saturated rings. The molecule has 132 valence electrons. The van der Waals surface area contributed by atoms with E-state index < -0.39 is 0 Å². The van der Waals surface area contributed by atoms with E-state index in [1.165, 1.54) is 17.4 Å². The van der Waals surface area contributed by atoms with Crippen molar-refractivity contribution in [2.75, 3.05) is 31.1 Å². The Bertz CT molecular complexity index is 904. The third kappa shape index (κ3) is 3.32. The maximum Gasteiger partial charge on any atom is 0.273 e. The van der Waals surface area contributed by atoms with E-state index >= 15 is 0 Å². The van der Waals surface area contributed by atoms with Crippen LogP contribution in [0, 0.1) is 5.82 Å². The molecule has 1 aliphatic heterocycles. The average molecular weight is 367 g/mol. The predicted molar refractivity (Wildman–Crippen MR) is 102 cm³/mol. The molecule has 0 N–H and O–H groups in total. The third-order valence-electron chi connectivity index (χ3n) is 4.50. The quantitative estimate of drug-likeness (QED) is 0.704. The molecule has 4 rings (SSSR count). The van der Waals surface area contributed by atoms with Gasteiger partial charge in [0, 0.05) is 37.1 Å². The van der Waals surface area contributed by atoms with Crippen molar-refractivity contribution in [2.45, 2.75) is 0 Å². The summed E-state index contributed by atoms with van der Waals surface area (Å²) < 4.78 is 13.9. The molecule has 0 bridgehead atoms. The van der Waals surface area contributed by atoms with Gasteiger partial charge in [0.05, 0.1) is 5.69 Å². The molecule has 0 spiro atoms. The molecule has 4 nitrogen and oxygen atoms in total. The highest BCUT2D eigenvalue weighted by atomic mass is 32.1. The van der Waals surface area contributed by atoms with E-state index in [1.54, 1.807) is 17.0 Å². The molecule has 2 aromatic carbocycles. The highest BCUT2D eigenvalue weighted by Crippen LogP contribution is 2.25. The second kappa shape index (κ2) is 7.25. The Morgan fingerprint density at radius 2 is 1.65 bits per heavy atom. The van der Waals surface area contributed by atoms with Gasteiger partial charge in [-0.05, 0) is 12.1 Å². The number of thiazole rings is 1. The minimum absolute atomic E-state index is 0.0587. The zero-order valence-electron chi connectivity index (χ0n) is 14.1. The lowest BCUT2D eigenvalue weighted by Gasteiger charge is -2.35. The number of rotatable bonds is 3. The van der Waals surface area contributed by atoms with Crippen LogP contribution in [0.5, 0.6) is 0 Å². The molecule has 0 saturated carbocycles. The van der Waals surface area contributed by atoms with Gasteiger partial charge in [0.15, 0.2) is 0 Å². The van der Waals surface area contributed by atoms with Crippen LogP contribution >= 0.6 is 11.3 Å². The van der Waals surface area contributed by atoms with Gasteiger partial charge in [-0.2, -0.15) is 0 Å². The lowest BCUT2D eigenvalue weighted by molar-refractivity contribution is 0.0741. The first-order valence-corrected chi connectivity index (χ1v) is 9.40. The maximum atomic E-state index is 13.9. The van der Waals surface area contributed by atoms with Gasteiger partial charge in [0.1, 0.15) is 16.5 Å². The summed E-state index contributed by atoms with van der Waals surface area (Å²) in [4.78, 5) is 21.0. The lowest BCUT2D eigenvalue weighted by atomic mass is 10.2. The number of amides is 1. The van der Waals surface area contributed by atoms with Crippen molar-refractivity contribution in [3.05, 3.63) is 71.5 Å². The molecule has 26 heavy (non-hydrogen) atoms. The van der Waals surface area contributed by atoms with Crippen molar-refractivity contribution >= 4 is 22.9 Å². The van der Waals surface area contributed by atoms with Crippen LogP contribution in [0.1, 0.15) is 10.5 Å². The van der Waals surface area contributed by atoms with Gasteiger partial charge < -0.3 is 9.80 Å². The average Bonchev–Trinajstić information content (AvgIpc) is 3.19. The fraction of sp³-hybridized carbons (Fsp3) is 0.200. The standard InChI is InChI=1S/C20H18FN3OS/c21-16-8-4-5-9-18(16)23-10-12-24(13-11-23)20(25)17-14-26-19(22-17)15-6-2-1-3-7-15/h1-9,14H,10-13H2. The first-order valence-electron chi connectivity index (χ1n) is 8.52. The number of aromatic nitrogens is 1. The summed E-state index contributed by atoms with van der Waals surface area (Å²) in [7, 11) is 0. The molecule has 1 amide bonds. The molecule has 0 aliphatic carbocycles. The van der Waals surface area contributed by atoms with E-state index in [0.29, 0.717) is 37.6 Å². The molecule has 0 unspecified atom stereocenters. The van der Waals surface area contributed by atoms with Crippen LogP contribution in [-0.2, 0) is 0 Å². The number of hydrogen-bond donors (Lipinski definition) is 0. The minimum atomic E-state index is -0.223. The Morgan fingerprint density at radius 3 is 2.38 bits per heavy atom. The molecule has 6 heteroatoms. The summed E-state index contributed by atoms with van der Waals surface area (Å²) in [6.45, 7) is 2.35. The highest BCUT2D eigenvalue weighted by molar-refractivity contribution is 7.13. The van der Waals surface area contributed by atoms with Crippen molar-refractivity contribution in [1.82, 2.24) is 9.88 Å². The van der Waals surface area contributed by atoms with Gasteiger partial charge >= 0.3 is 0 Å². The number of nitrogens with zero attached hydrogens (tertiary/aromatic N) is 3. The summed E-state index contributed by atoms with van der Waals surface area (Å²) in [6, 6.07) is 16.6. The third-order valence-corrected chi connectivity index (χ3v) is 5.40.